The molecule has 0 fully saturated rings. The normalized spacial score (nSPS) is 10.8. The fourth-order valence-electron chi connectivity index (χ4n) is 4.04. The largest absolute Gasteiger partial charge is 0.490 e. The monoisotopic (exact) mass is 624 g/mol. The third-order valence-electron chi connectivity index (χ3n) is 5.82. The van der Waals surface area contributed by atoms with E-state index >= 15 is 0 Å². The average Bonchev–Trinajstić information content (AvgIpc) is 3.36. The van der Waals surface area contributed by atoms with Gasteiger partial charge in [0.25, 0.3) is 5.91 Å². The molecule has 0 radical (unpaired) electrons. The molecule has 10 heteroatoms. The van der Waals surface area contributed by atoms with Gasteiger partial charge in [-0.3, -0.25) is 9.36 Å². The predicted octanol–water partition coefficient (Wildman–Crippen LogP) is 6.76. The van der Waals surface area contributed by atoms with E-state index in [-0.39, 0.29) is 12.5 Å². The number of hydrogen-bond acceptors (Lipinski definition) is 7. The van der Waals surface area contributed by atoms with Crippen molar-refractivity contribution in [2.75, 3.05) is 19.8 Å². The molecule has 40 heavy (non-hydrogen) atoms. The number of rotatable bonds is 13. The third kappa shape index (κ3) is 7.37. The Balaban J connectivity index is 1.59. The van der Waals surface area contributed by atoms with Crippen molar-refractivity contribution in [1.29, 1.82) is 0 Å². The molecule has 8 nitrogen and oxygen atoms in total. The van der Waals surface area contributed by atoms with Gasteiger partial charge < -0.3 is 19.5 Å². The quantitative estimate of drug-likeness (QED) is 0.164. The van der Waals surface area contributed by atoms with Crippen molar-refractivity contribution in [3.05, 3.63) is 87.7 Å². The van der Waals surface area contributed by atoms with Crippen molar-refractivity contribution >= 4 is 33.6 Å². The van der Waals surface area contributed by atoms with Gasteiger partial charge in [0.05, 0.1) is 26.4 Å². The van der Waals surface area contributed by atoms with Gasteiger partial charge in [0, 0.05) is 21.5 Å². The number of hydrogen-bond donors (Lipinski definition) is 1. The molecule has 0 atom stereocenters. The van der Waals surface area contributed by atoms with Gasteiger partial charge >= 0.3 is 0 Å². The topological polar surface area (TPSA) is 87.5 Å². The molecule has 0 saturated heterocycles. The molecule has 1 aromatic heterocycles. The number of amides is 1. The number of halogens is 1. The summed E-state index contributed by atoms with van der Waals surface area (Å²) in [6, 6.07) is 19.7. The second-order valence-corrected chi connectivity index (χ2v) is 10.6. The first kappa shape index (κ1) is 29.5. The lowest BCUT2D eigenvalue weighted by Crippen LogP contribution is -2.25. The molecule has 4 aromatic rings. The fraction of sp³-hybridized carbons (Fsp3) is 0.300. The molecule has 1 N–H and O–H groups in total. The van der Waals surface area contributed by atoms with Gasteiger partial charge in [-0.15, -0.1) is 10.2 Å². The van der Waals surface area contributed by atoms with E-state index in [0.717, 1.165) is 26.6 Å². The van der Waals surface area contributed by atoms with E-state index < -0.39 is 0 Å². The van der Waals surface area contributed by atoms with Crippen LogP contribution in [0.4, 0.5) is 0 Å². The van der Waals surface area contributed by atoms with Crippen LogP contribution in [0.2, 0.25) is 0 Å². The predicted molar refractivity (Wildman–Crippen MR) is 161 cm³/mol. The fourth-order valence-corrected chi connectivity index (χ4v) is 5.24. The van der Waals surface area contributed by atoms with Crippen LogP contribution in [0.15, 0.2) is 70.3 Å². The number of thioether (sulfide) groups is 1. The molecule has 0 aliphatic carbocycles. The summed E-state index contributed by atoms with van der Waals surface area (Å²) in [6.07, 6.45) is 0. The van der Waals surface area contributed by atoms with Crippen LogP contribution in [0.5, 0.6) is 17.2 Å². The molecule has 0 bridgehead atoms. The first-order chi connectivity index (χ1) is 19.4. The van der Waals surface area contributed by atoms with Gasteiger partial charge in [-0.1, -0.05) is 52.0 Å². The molecule has 3 aromatic carbocycles. The number of benzene rings is 3. The summed E-state index contributed by atoms with van der Waals surface area (Å²) < 4.78 is 20.3. The maximum absolute atomic E-state index is 13.3. The SMILES string of the molecule is CCOc1cc(C(=O)NCc2nnc(SCc3ccc(Br)cc3)n2-c2cccc(C)c2)cc(OCC)c1OCC. The lowest BCUT2D eigenvalue weighted by Gasteiger charge is -2.17. The molecule has 0 spiro atoms. The van der Waals surface area contributed by atoms with E-state index in [1.54, 1.807) is 23.9 Å². The summed E-state index contributed by atoms with van der Waals surface area (Å²) in [7, 11) is 0. The highest BCUT2D eigenvalue weighted by Crippen LogP contribution is 2.39. The second kappa shape index (κ2) is 14.2. The van der Waals surface area contributed by atoms with Crippen LogP contribution in [0.1, 0.15) is 48.1 Å². The highest BCUT2D eigenvalue weighted by molar-refractivity contribution is 9.10. The number of aromatic nitrogens is 3. The minimum absolute atomic E-state index is 0.180. The van der Waals surface area contributed by atoms with Gasteiger partial charge in [0.15, 0.2) is 22.5 Å². The number of nitrogens with one attached hydrogen (secondary N) is 1. The maximum Gasteiger partial charge on any atom is 0.251 e. The Kier molecular flexibility index (Phi) is 10.5. The van der Waals surface area contributed by atoms with Gasteiger partial charge in [-0.25, -0.2) is 0 Å². The van der Waals surface area contributed by atoms with Crippen LogP contribution in [0.25, 0.3) is 5.69 Å². The molecule has 210 valence electrons. The van der Waals surface area contributed by atoms with E-state index in [9.17, 15) is 4.79 Å². The molecule has 4 rings (SSSR count). The van der Waals surface area contributed by atoms with Gasteiger partial charge in [0.1, 0.15) is 0 Å². The summed E-state index contributed by atoms with van der Waals surface area (Å²) in [5.41, 5.74) is 3.63. The Morgan fingerprint density at radius 3 is 2.23 bits per heavy atom. The Morgan fingerprint density at radius 1 is 0.925 bits per heavy atom. The highest BCUT2D eigenvalue weighted by atomic mass is 79.9. The van der Waals surface area contributed by atoms with Crippen LogP contribution in [0.3, 0.4) is 0 Å². The minimum Gasteiger partial charge on any atom is -0.490 e. The van der Waals surface area contributed by atoms with E-state index in [1.165, 1.54) is 5.56 Å². The third-order valence-corrected chi connectivity index (χ3v) is 7.35. The lowest BCUT2D eigenvalue weighted by molar-refractivity contribution is 0.0948. The Morgan fingerprint density at radius 2 is 1.60 bits per heavy atom. The first-order valence-corrected chi connectivity index (χ1v) is 14.9. The van der Waals surface area contributed by atoms with Crippen LogP contribution in [0, 0.1) is 6.92 Å². The van der Waals surface area contributed by atoms with Crippen molar-refractivity contribution in [2.24, 2.45) is 0 Å². The van der Waals surface area contributed by atoms with Crippen LogP contribution < -0.4 is 19.5 Å². The summed E-state index contributed by atoms with van der Waals surface area (Å²) in [6.45, 7) is 9.18. The number of nitrogens with zero attached hydrogens (tertiary/aromatic N) is 3. The van der Waals surface area contributed by atoms with E-state index in [0.29, 0.717) is 48.5 Å². The standard InChI is InChI=1S/C30H33BrN4O4S/c1-5-37-25-16-22(17-26(38-6-2)28(25)39-7-3)29(36)32-18-27-33-34-30(35(27)24-10-8-9-20(4)15-24)40-19-21-11-13-23(31)14-12-21/h8-17H,5-7,18-19H2,1-4H3,(H,32,36). The zero-order chi connectivity index (χ0) is 28.5. The zero-order valence-electron chi connectivity index (χ0n) is 23.1. The number of carbonyl (C=O) groups is 1. The van der Waals surface area contributed by atoms with Crippen LogP contribution in [-0.2, 0) is 12.3 Å². The summed E-state index contributed by atoms with van der Waals surface area (Å²) >= 11 is 5.08. The van der Waals surface area contributed by atoms with E-state index in [4.69, 9.17) is 14.2 Å². The Labute approximate surface area is 247 Å². The molecular weight excluding hydrogens is 592 g/mol. The van der Waals surface area contributed by atoms with Gasteiger partial charge in [-0.2, -0.15) is 0 Å². The van der Waals surface area contributed by atoms with Crippen molar-refractivity contribution in [3.8, 4) is 22.9 Å². The summed E-state index contributed by atoms with van der Waals surface area (Å²) in [4.78, 5) is 13.3. The average molecular weight is 626 g/mol. The second-order valence-electron chi connectivity index (χ2n) is 8.77. The van der Waals surface area contributed by atoms with Gasteiger partial charge in [-0.05, 0) is 75.2 Å². The lowest BCUT2D eigenvalue weighted by atomic mass is 10.1. The molecule has 0 aliphatic rings. The molecule has 1 heterocycles. The van der Waals surface area contributed by atoms with Crippen molar-refractivity contribution in [3.63, 3.8) is 0 Å². The number of aryl methyl sites for hydroxylation is 1. The highest BCUT2D eigenvalue weighted by Gasteiger charge is 2.20. The van der Waals surface area contributed by atoms with Crippen molar-refractivity contribution in [1.82, 2.24) is 20.1 Å². The minimum atomic E-state index is -0.284. The van der Waals surface area contributed by atoms with E-state index in [1.807, 2.05) is 62.6 Å². The zero-order valence-corrected chi connectivity index (χ0v) is 25.5. The first-order valence-electron chi connectivity index (χ1n) is 13.2. The van der Waals surface area contributed by atoms with E-state index in [2.05, 4.69) is 49.6 Å². The Bertz CT molecular complexity index is 1420. The maximum atomic E-state index is 13.3. The summed E-state index contributed by atoms with van der Waals surface area (Å²) in [5.74, 6) is 2.50. The number of ether oxygens (including phenoxy) is 3. The smallest absolute Gasteiger partial charge is 0.251 e. The molecular formula is C30H33BrN4O4S. The van der Waals surface area contributed by atoms with Gasteiger partial charge in [0.2, 0.25) is 5.75 Å². The summed E-state index contributed by atoms with van der Waals surface area (Å²) in [5, 5.41) is 12.7. The van der Waals surface area contributed by atoms with Crippen LogP contribution >= 0.6 is 27.7 Å². The Hall–Kier alpha value is -3.50. The van der Waals surface area contributed by atoms with Crippen molar-refractivity contribution in [2.45, 2.75) is 45.1 Å². The molecule has 0 saturated carbocycles. The number of carbonyl (C=O) groups excluding carboxylic acids is 1. The molecule has 0 aliphatic heterocycles. The molecule has 1 amide bonds. The van der Waals surface area contributed by atoms with Crippen molar-refractivity contribution < 1.29 is 19.0 Å². The van der Waals surface area contributed by atoms with Crippen LogP contribution in [-0.4, -0.2) is 40.5 Å². The molecule has 0 unspecified atom stereocenters.